The summed E-state index contributed by atoms with van der Waals surface area (Å²) in [5.74, 6) is -0.966. The summed E-state index contributed by atoms with van der Waals surface area (Å²) in [5.41, 5.74) is 0. The first-order valence-corrected chi connectivity index (χ1v) is 23.0. The van der Waals surface area contributed by atoms with Crippen molar-refractivity contribution >= 4 is 19.8 Å². The van der Waals surface area contributed by atoms with E-state index in [0.29, 0.717) is 25.7 Å². The van der Waals surface area contributed by atoms with Crippen LogP contribution in [0.15, 0.2) is 48.6 Å². The highest BCUT2D eigenvalue weighted by atomic mass is 31.2. The molecule has 0 rings (SSSR count). The molecular weight excluding hydrogens is 703 g/mol. The Labute approximate surface area is 329 Å². The number of phosphoric acid groups is 1. The van der Waals surface area contributed by atoms with Crippen LogP contribution in [0.5, 0.6) is 0 Å². The minimum absolute atomic E-state index is 0.177. The van der Waals surface area contributed by atoms with Crippen LogP contribution in [0.25, 0.3) is 0 Å². The molecule has 0 fully saturated rings. The second-order valence-corrected chi connectivity index (χ2v) is 15.7. The molecule has 0 saturated heterocycles. The molecule has 0 aliphatic rings. The maximum atomic E-state index is 12.4. The molecule has 1 unspecified atom stereocenters. The van der Waals surface area contributed by atoms with Gasteiger partial charge in [-0.15, -0.1) is 0 Å². The van der Waals surface area contributed by atoms with Crippen LogP contribution in [0, 0.1) is 0 Å². The number of rotatable bonds is 39. The molecule has 0 spiro atoms. The van der Waals surface area contributed by atoms with Gasteiger partial charge < -0.3 is 24.4 Å². The third kappa shape index (κ3) is 41.1. The molecule has 54 heavy (non-hydrogen) atoms. The van der Waals surface area contributed by atoms with Gasteiger partial charge in [0.1, 0.15) is 6.61 Å². The number of aliphatic hydroxyl groups excluding tert-OH is 1. The Morgan fingerprint density at radius 3 is 1.48 bits per heavy atom. The lowest BCUT2D eigenvalue weighted by molar-refractivity contribution is -0.161. The first-order chi connectivity index (χ1) is 26.2. The quantitative estimate of drug-likeness (QED) is 0.0240. The van der Waals surface area contributed by atoms with Gasteiger partial charge in [0.05, 0.1) is 12.7 Å². The Kier molecular flexibility index (Phi) is 37.7. The van der Waals surface area contributed by atoms with Gasteiger partial charge in [0, 0.05) is 12.8 Å². The summed E-state index contributed by atoms with van der Waals surface area (Å²) in [6.07, 6.45) is 44.7. The fourth-order valence-electron chi connectivity index (χ4n) is 5.97. The van der Waals surface area contributed by atoms with Crippen molar-refractivity contribution in [3.8, 4) is 0 Å². The zero-order chi connectivity index (χ0) is 39.8. The fraction of sp³-hybridized carbons (Fsp3) is 0.773. The number of ether oxygens (including phenoxy) is 2. The summed E-state index contributed by atoms with van der Waals surface area (Å²) in [5, 5.41) is 9.70. The van der Waals surface area contributed by atoms with Gasteiger partial charge >= 0.3 is 19.8 Å². The van der Waals surface area contributed by atoms with E-state index < -0.39 is 32.5 Å². The normalized spacial score (nSPS) is 13.5. The number of allylic oxidation sites excluding steroid dienone is 7. The lowest BCUT2D eigenvalue weighted by atomic mass is 10.0. The van der Waals surface area contributed by atoms with Crippen LogP contribution in [0.1, 0.15) is 194 Å². The Morgan fingerprint density at radius 1 is 0.556 bits per heavy atom. The summed E-state index contributed by atoms with van der Waals surface area (Å²) in [4.78, 5) is 42.8. The summed E-state index contributed by atoms with van der Waals surface area (Å²) in [6.45, 7) is 3.45. The first kappa shape index (κ1) is 52.0. The monoisotopic (exact) mass is 783 g/mol. The Balaban J connectivity index is 4.00. The van der Waals surface area contributed by atoms with E-state index in [1.807, 2.05) is 18.2 Å². The highest BCUT2D eigenvalue weighted by molar-refractivity contribution is 7.46. The van der Waals surface area contributed by atoms with E-state index in [0.717, 1.165) is 51.4 Å². The van der Waals surface area contributed by atoms with Gasteiger partial charge in [-0.2, -0.15) is 0 Å². The molecule has 0 aromatic heterocycles. The fourth-order valence-corrected chi connectivity index (χ4v) is 6.33. The Bertz CT molecular complexity index is 1030. The molecule has 10 heteroatoms. The predicted molar refractivity (Wildman–Crippen MR) is 222 cm³/mol. The third-order valence-corrected chi connectivity index (χ3v) is 9.64. The Hall–Kier alpha value is -2.03. The van der Waals surface area contributed by atoms with Crippen molar-refractivity contribution < 1.29 is 43.0 Å². The predicted octanol–water partition coefficient (Wildman–Crippen LogP) is 12.1. The molecule has 0 heterocycles. The van der Waals surface area contributed by atoms with E-state index in [1.54, 1.807) is 0 Å². The average molecular weight is 783 g/mol. The molecule has 0 radical (unpaired) electrons. The van der Waals surface area contributed by atoms with E-state index in [9.17, 15) is 19.3 Å². The highest BCUT2D eigenvalue weighted by Gasteiger charge is 2.22. The number of phosphoric ester groups is 1. The lowest BCUT2D eigenvalue weighted by Crippen LogP contribution is -2.29. The number of hydrogen-bond donors (Lipinski definition) is 3. The van der Waals surface area contributed by atoms with Gasteiger partial charge in [-0.05, 0) is 51.4 Å². The van der Waals surface area contributed by atoms with Gasteiger partial charge in [0.15, 0.2) is 6.10 Å². The summed E-state index contributed by atoms with van der Waals surface area (Å²) < 4.78 is 26.3. The molecule has 0 aliphatic carbocycles. The second-order valence-electron chi connectivity index (χ2n) is 14.5. The van der Waals surface area contributed by atoms with E-state index in [4.69, 9.17) is 19.3 Å². The molecule has 9 nitrogen and oxygen atoms in total. The number of aliphatic hydroxyl groups is 1. The maximum Gasteiger partial charge on any atom is 0.469 e. The van der Waals surface area contributed by atoms with Crippen LogP contribution < -0.4 is 0 Å². The zero-order valence-corrected chi connectivity index (χ0v) is 35.1. The van der Waals surface area contributed by atoms with Crippen LogP contribution >= 0.6 is 7.82 Å². The van der Waals surface area contributed by atoms with Gasteiger partial charge in [-0.3, -0.25) is 14.1 Å². The number of carbonyl (C=O) groups is 2. The topological polar surface area (TPSA) is 140 Å². The van der Waals surface area contributed by atoms with Crippen LogP contribution in [0.4, 0.5) is 0 Å². The summed E-state index contributed by atoms with van der Waals surface area (Å²) >= 11 is 0. The van der Waals surface area contributed by atoms with Crippen molar-refractivity contribution in [2.75, 3.05) is 13.2 Å². The van der Waals surface area contributed by atoms with E-state index in [-0.39, 0.29) is 25.6 Å². The van der Waals surface area contributed by atoms with Crippen molar-refractivity contribution in [1.82, 2.24) is 0 Å². The SMILES string of the molecule is CCCCCCCCCCCCCCCCCCCCC(=O)O[C@H](COC(=O)CCC/C=C\C/C=C\C/C=C\C/C=C\CC(O)CCC)COP(=O)(O)O. The van der Waals surface area contributed by atoms with Crippen molar-refractivity contribution in [2.24, 2.45) is 0 Å². The van der Waals surface area contributed by atoms with Crippen LogP contribution in [0.2, 0.25) is 0 Å². The lowest BCUT2D eigenvalue weighted by Gasteiger charge is -2.18. The third-order valence-electron chi connectivity index (χ3n) is 9.16. The highest BCUT2D eigenvalue weighted by Crippen LogP contribution is 2.36. The van der Waals surface area contributed by atoms with Crippen LogP contribution in [0.3, 0.4) is 0 Å². The minimum Gasteiger partial charge on any atom is -0.462 e. The maximum absolute atomic E-state index is 12.4. The smallest absolute Gasteiger partial charge is 0.462 e. The Morgan fingerprint density at radius 2 is 1.00 bits per heavy atom. The summed E-state index contributed by atoms with van der Waals surface area (Å²) in [7, 11) is -4.77. The molecule has 2 atom stereocenters. The zero-order valence-electron chi connectivity index (χ0n) is 34.2. The molecule has 0 bridgehead atoms. The molecule has 0 aliphatic heterocycles. The van der Waals surface area contributed by atoms with Gasteiger partial charge in [-0.25, -0.2) is 4.57 Å². The largest absolute Gasteiger partial charge is 0.469 e. The minimum atomic E-state index is -4.77. The van der Waals surface area contributed by atoms with Crippen molar-refractivity contribution in [3.63, 3.8) is 0 Å². The van der Waals surface area contributed by atoms with Crippen molar-refractivity contribution in [3.05, 3.63) is 48.6 Å². The second kappa shape index (κ2) is 39.2. The molecule has 0 aromatic rings. The summed E-state index contributed by atoms with van der Waals surface area (Å²) in [6, 6.07) is 0. The standard InChI is InChI=1S/C44H79O9P/c1-3-5-6-7-8-9-10-11-12-13-14-15-18-22-25-28-31-34-38-44(47)53-42(40-52-54(48,49)50)39-51-43(46)37-33-30-27-24-21-19-16-17-20-23-26-29-32-36-41(45)35-4-2/h16,19-20,23-24,27,29,32,41-42,45H,3-15,17-18,21-22,25-26,28,30-31,33-40H2,1-2H3,(H2,48,49,50)/b19-16-,23-20-,27-24-,32-29-/t41?,42-/m1/s1. The molecule has 0 saturated carbocycles. The van der Waals surface area contributed by atoms with Gasteiger partial charge in [-0.1, -0.05) is 178 Å². The van der Waals surface area contributed by atoms with Crippen LogP contribution in [-0.2, 0) is 28.2 Å². The molecule has 0 aromatic carbocycles. The number of hydrogen-bond acceptors (Lipinski definition) is 7. The molecule has 0 amide bonds. The first-order valence-electron chi connectivity index (χ1n) is 21.5. The van der Waals surface area contributed by atoms with Gasteiger partial charge in [0.25, 0.3) is 0 Å². The molecular formula is C44H79O9P. The number of unbranched alkanes of at least 4 members (excludes halogenated alkanes) is 18. The molecule has 3 N–H and O–H groups in total. The number of carbonyl (C=O) groups excluding carboxylic acids is 2. The number of esters is 2. The van der Waals surface area contributed by atoms with Crippen molar-refractivity contribution in [2.45, 2.75) is 206 Å². The molecule has 314 valence electrons. The average Bonchev–Trinajstić information content (AvgIpc) is 3.13. The van der Waals surface area contributed by atoms with Gasteiger partial charge in [0.2, 0.25) is 0 Å². The van der Waals surface area contributed by atoms with E-state index >= 15 is 0 Å². The van der Waals surface area contributed by atoms with Crippen molar-refractivity contribution in [1.29, 1.82) is 0 Å². The van der Waals surface area contributed by atoms with E-state index in [2.05, 4.69) is 48.8 Å². The van der Waals surface area contributed by atoms with Crippen LogP contribution in [-0.4, -0.2) is 52.3 Å². The van der Waals surface area contributed by atoms with E-state index in [1.165, 1.54) is 89.9 Å².